The molecule has 1 fully saturated rings. The Labute approximate surface area is 142 Å². The minimum absolute atomic E-state index is 0.112. The van der Waals surface area contributed by atoms with Crippen LogP contribution in [0.25, 0.3) is 0 Å². The van der Waals surface area contributed by atoms with E-state index in [0.29, 0.717) is 12.4 Å². The maximum atomic E-state index is 12.7. The number of amides is 1. The number of ether oxygens (including phenoxy) is 1. The van der Waals surface area contributed by atoms with E-state index < -0.39 is 0 Å². The first kappa shape index (κ1) is 16.2. The van der Waals surface area contributed by atoms with Crippen molar-refractivity contribution in [1.82, 2.24) is 14.9 Å². The molecule has 0 unspecified atom stereocenters. The van der Waals surface area contributed by atoms with E-state index in [1.807, 2.05) is 41.1 Å². The molecule has 2 heterocycles. The van der Waals surface area contributed by atoms with Gasteiger partial charge in [-0.25, -0.2) is 4.98 Å². The van der Waals surface area contributed by atoms with Crippen molar-refractivity contribution in [2.24, 2.45) is 0 Å². The third kappa shape index (κ3) is 3.48. The van der Waals surface area contributed by atoms with Gasteiger partial charge in [0.1, 0.15) is 11.6 Å². The summed E-state index contributed by atoms with van der Waals surface area (Å²) in [5, 5.41) is 0. The number of hydrogen-bond acceptors (Lipinski definition) is 5. The second-order valence-corrected chi connectivity index (χ2v) is 5.94. The van der Waals surface area contributed by atoms with Crippen LogP contribution in [0.1, 0.15) is 24.4 Å². The lowest BCUT2D eigenvalue weighted by Gasteiger charge is -2.27. The highest BCUT2D eigenvalue weighted by molar-refractivity contribution is 5.81. The first-order valence-corrected chi connectivity index (χ1v) is 8.09. The third-order valence-electron chi connectivity index (χ3n) is 4.39. The van der Waals surface area contributed by atoms with E-state index in [1.54, 1.807) is 25.7 Å². The van der Waals surface area contributed by atoms with E-state index in [1.165, 1.54) is 0 Å². The van der Waals surface area contributed by atoms with Crippen LogP contribution in [0.5, 0.6) is 5.75 Å². The quantitative estimate of drug-likeness (QED) is 0.844. The van der Waals surface area contributed by atoms with E-state index in [0.717, 1.165) is 30.7 Å². The number of carbonyl (C=O) groups is 1. The summed E-state index contributed by atoms with van der Waals surface area (Å²) in [7, 11) is 3.52. The normalized spacial score (nSPS) is 16.9. The van der Waals surface area contributed by atoms with E-state index >= 15 is 0 Å². The Kier molecular flexibility index (Phi) is 4.93. The molecule has 1 saturated heterocycles. The van der Waals surface area contributed by atoms with Crippen LogP contribution >= 0.6 is 0 Å². The average molecular weight is 326 g/mol. The highest BCUT2D eigenvalue weighted by Gasteiger charge is 2.30. The highest BCUT2D eigenvalue weighted by Crippen LogP contribution is 2.32. The van der Waals surface area contributed by atoms with Crippen molar-refractivity contribution in [3.8, 4) is 5.75 Å². The molecule has 6 heteroatoms. The van der Waals surface area contributed by atoms with Gasteiger partial charge in [-0.05, 0) is 30.5 Å². The summed E-state index contributed by atoms with van der Waals surface area (Å²) in [6.07, 6.45) is 6.94. The molecule has 0 bridgehead atoms. The Bertz CT molecular complexity index is 675. The van der Waals surface area contributed by atoms with E-state index in [9.17, 15) is 4.79 Å². The molecule has 3 rings (SSSR count). The van der Waals surface area contributed by atoms with E-state index in [4.69, 9.17) is 4.74 Å². The largest absolute Gasteiger partial charge is 0.497 e. The summed E-state index contributed by atoms with van der Waals surface area (Å²) >= 11 is 0. The van der Waals surface area contributed by atoms with Gasteiger partial charge in [-0.1, -0.05) is 12.1 Å². The van der Waals surface area contributed by atoms with Crippen molar-refractivity contribution in [1.29, 1.82) is 0 Å². The van der Waals surface area contributed by atoms with Crippen molar-refractivity contribution in [3.63, 3.8) is 0 Å². The van der Waals surface area contributed by atoms with E-state index in [-0.39, 0.29) is 11.9 Å². The van der Waals surface area contributed by atoms with Crippen molar-refractivity contribution in [2.45, 2.75) is 18.9 Å². The number of benzene rings is 1. The zero-order chi connectivity index (χ0) is 16.9. The molecule has 0 saturated carbocycles. The van der Waals surface area contributed by atoms with Crippen molar-refractivity contribution >= 4 is 11.7 Å². The zero-order valence-corrected chi connectivity index (χ0v) is 14.1. The Morgan fingerprint density at radius 2 is 2.12 bits per heavy atom. The molecule has 126 valence electrons. The zero-order valence-electron chi connectivity index (χ0n) is 14.1. The van der Waals surface area contributed by atoms with Crippen LogP contribution in [0.15, 0.2) is 42.9 Å². The minimum atomic E-state index is 0.112. The number of nitrogens with zero attached hydrogens (tertiary/aromatic N) is 4. The van der Waals surface area contributed by atoms with Gasteiger partial charge < -0.3 is 14.5 Å². The fourth-order valence-electron chi connectivity index (χ4n) is 3.10. The Morgan fingerprint density at radius 3 is 2.79 bits per heavy atom. The van der Waals surface area contributed by atoms with Crippen LogP contribution in [-0.2, 0) is 4.79 Å². The summed E-state index contributed by atoms with van der Waals surface area (Å²) < 4.78 is 5.21. The molecule has 0 N–H and O–H groups in total. The highest BCUT2D eigenvalue weighted by atomic mass is 16.5. The summed E-state index contributed by atoms with van der Waals surface area (Å²) in [4.78, 5) is 24.8. The van der Waals surface area contributed by atoms with Gasteiger partial charge in [0.25, 0.3) is 0 Å². The smallest absolute Gasteiger partial charge is 0.242 e. The second kappa shape index (κ2) is 7.29. The van der Waals surface area contributed by atoms with Gasteiger partial charge in [-0.3, -0.25) is 9.78 Å². The molecule has 0 radical (unpaired) electrons. The van der Waals surface area contributed by atoms with Crippen molar-refractivity contribution < 1.29 is 9.53 Å². The summed E-state index contributed by atoms with van der Waals surface area (Å²) in [5.74, 6) is 1.64. The first-order valence-electron chi connectivity index (χ1n) is 8.09. The van der Waals surface area contributed by atoms with Crippen LogP contribution in [0.3, 0.4) is 0 Å². The van der Waals surface area contributed by atoms with Gasteiger partial charge in [-0.15, -0.1) is 0 Å². The number of methoxy groups -OCH3 is 1. The topological polar surface area (TPSA) is 58.6 Å². The number of likely N-dealkylation sites (N-methyl/N-ethyl adjacent to an activating group) is 1. The molecule has 1 atom stereocenters. The van der Waals surface area contributed by atoms with Gasteiger partial charge in [0.05, 0.1) is 25.9 Å². The fraction of sp³-hybridized carbons (Fsp3) is 0.389. The van der Waals surface area contributed by atoms with Crippen LogP contribution < -0.4 is 9.64 Å². The van der Waals surface area contributed by atoms with Gasteiger partial charge in [0, 0.05) is 26.0 Å². The Balaban J connectivity index is 1.69. The summed E-state index contributed by atoms with van der Waals surface area (Å²) in [5.41, 5.74) is 1.16. The van der Waals surface area contributed by atoms with Crippen LogP contribution in [0.4, 0.5) is 5.82 Å². The number of aromatic nitrogens is 2. The summed E-state index contributed by atoms with van der Waals surface area (Å²) in [6, 6.07) is 8.12. The first-order chi connectivity index (χ1) is 11.7. The van der Waals surface area contributed by atoms with Gasteiger partial charge in [-0.2, -0.15) is 0 Å². The molecule has 1 aliphatic heterocycles. The molecule has 0 spiro atoms. The van der Waals surface area contributed by atoms with Gasteiger partial charge >= 0.3 is 0 Å². The van der Waals surface area contributed by atoms with Crippen LogP contribution in [0, 0.1) is 0 Å². The number of carbonyl (C=O) groups excluding carboxylic acids is 1. The Morgan fingerprint density at radius 1 is 1.33 bits per heavy atom. The fourth-order valence-corrected chi connectivity index (χ4v) is 3.10. The molecule has 0 aliphatic carbocycles. The molecule has 1 aromatic carbocycles. The lowest BCUT2D eigenvalue weighted by Crippen LogP contribution is -2.39. The molecule has 1 aromatic heterocycles. The molecule has 6 nitrogen and oxygen atoms in total. The lowest BCUT2D eigenvalue weighted by atomic mass is 10.0. The molecular weight excluding hydrogens is 304 g/mol. The standard InChI is InChI=1S/C18H22N4O2/c1-21(17-12-19-9-10-20-17)13-18(23)22-11-3-4-16(22)14-5-7-15(24-2)8-6-14/h5-10,12,16H,3-4,11,13H2,1-2H3/t16-/m1/s1. The molecule has 1 aliphatic rings. The van der Waals surface area contributed by atoms with Crippen molar-refractivity contribution in [2.75, 3.05) is 32.1 Å². The number of rotatable bonds is 5. The molecular formula is C18H22N4O2. The molecule has 2 aromatic rings. The predicted molar refractivity (Wildman–Crippen MR) is 92.0 cm³/mol. The predicted octanol–water partition coefficient (Wildman–Crippen LogP) is 2.29. The minimum Gasteiger partial charge on any atom is -0.497 e. The number of hydrogen-bond donors (Lipinski definition) is 0. The molecule has 24 heavy (non-hydrogen) atoms. The SMILES string of the molecule is COc1ccc([C@H]2CCCN2C(=O)CN(C)c2cnccn2)cc1. The van der Waals surface area contributed by atoms with Gasteiger partial charge in [0.15, 0.2) is 0 Å². The number of anilines is 1. The summed E-state index contributed by atoms with van der Waals surface area (Å²) in [6.45, 7) is 1.09. The lowest BCUT2D eigenvalue weighted by molar-refractivity contribution is -0.130. The molecule has 1 amide bonds. The average Bonchev–Trinajstić information content (AvgIpc) is 3.12. The van der Waals surface area contributed by atoms with Crippen molar-refractivity contribution in [3.05, 3.63) is 48.4 Å². The Hall–Kier alpha value is -2.63. The van der Waals surface area contributed by atoms with Crippen LogP contribution in [-0.4, -0.2) is 48.0 Å². The second-order valence-electron chi connectivity index (χ2n) is 5.94. The van der Waals surface area contributed by atoms with Crippen LogP contribution in [0.2, 0.25) is 0 Å². The van der Waals surface area contributed by atoms with E-state index in [2.05, 4.69) is 9.97 Å². The monoisotopic (exact) mass is 326 g/mol. The maximum Gasteiger partial charge on any atom is 0.242 e. The number of likely N-dealkylation sites (tertiary alicyclic amines) is 1. The third-order valence-corrected chi connectivity index (χ3v) is 4.39. The maximum absolute atomic E-state index is 12.7. The van der Waals surface area contributed by atoms with Gasteiger partial charge in [0.2, 0.25) is 5.91 Å².